The number of benzene rings is 1. The summed E-state index contributed by atoms with van der Waals surface area (Å²) in [6, 6.07) is 6.95. The molecule has 2 atom stereocenters. The van der Waals surface area contributed by atoms with Crippen LogP contribution in [0.2, 0.25) is 5.02 Å². The van der Waals surface area contributed by atoms with E-state index in [1.165, 1.54) is 23.4 Å². The van der Waals surface area contributed by atoms with Crippen LogP contribution >= 0.6 is 23.4 Å². The Morgan fingerprint density at radius 3 is 2.36 bits per heavy atom. The Labute approximate surface area is 199 Å². The molecule has 0 saturated carbocycles. The second-order valence-corrected chi connectivity index (χ2v) is 9.51. The van der Waals surface area contributed by atoms with Crippen molar-refractivity contribution >= 4 is 40.3 Å². The standard InChI is InChI=1S/C22H24ClN5O4S/c1-12-9-28(10-13(2)32-12)16(29)11-33-20-17-19(26(3)22(31)27(4)21(17)30)24-18(25-20)14-5-7-15(23)8-6-14/h5-8,12-13H,9-11H2,1-4H3. The number of carbonyl (C=O) groups is 1. The molecular weight excluding hydrogens is 466 g/mol. The Bertz CT molecular complexity index is 1330. The minimum absolute atomic E-state index is 0.0408. The van der Waals surface area contributed by atoms with Gasteiger partial charge in [0.05, 0.1) is 18.0 Å². The zero-order valence-corrected chi connectivity index (χ0v) is 20.3. The van der Waals surface area contributed by atoms with Crippen LogP contribution in [-0.4, -0.2) is 61.0 Å². The smallest absolute Gasteiger partial charge is 0.332 e. The Hall–Kier alpha value is -2.69. The van der Waals surface area contributed by atoms with Crippen molar-refractivity contribution in [3.05, 3.63) is 50.1 Å². The fourth-order valence-electron chi connectivity index (χ4n) is 3.86. The van der Waals surface area contributed by atoms with Crippen molar-refractivity contribution in [3.8, 4) is 11.4 Å². The van der Waals surface area contributed by atoms with Crippen LogP contribution in [0.4, 0.5) is 0 Å². The highest BCUT2D eigenvalue weighted by atomic mass is 35.5. The summed E-state index contributed by atoms with van der Waals surface area (Å²) < 4.78 is 8.04. The van der Waals surface area contributed by atoms with E-state index < -0.39 is 11.2 Å². The molecule has 0 spiro atoms. The Balaban J connectivity index is 1.77. The van der Waals surface area contributed by atoms with Crippen LogP contribution in [0.5, 0.6) is 0 Å². The molecule has 1 amide bonds. The lowest BCUT2D eigenvalue weighted by molar-refractivity contribution is -0.140. The molecule has 3 aromatic rings. The quantitative estimate of drug-likeness (QED) is 0.408. The Morgan fingerprint density at radius 2 is 1.73 bits per heavy atom. The maximum Gasteiger partial charge on any atom is 0.332 e. The lowest BCUT2D eigenvalue weighted by atomic mass is 10.2. The number of ether oxygens (including phenoxy) is 1. The van der Waals surface area contributed by atoms with Gasteiger partial charge in [-0.1, -0.05) is 23.4 Å². The molecule has 0 N–H and O–H groups in total. The molecule has 2 unspecified atom stereocenters. The van der Waals surface area contributed by atoms with Crippen LogP contribution in [0.15, 0.2) is 38.9 Å². The zero-order chi connectivity index (χ0) is 23.9. The number of aryl methyl sites for hydroxylation is 1. The summed E-state index contributed by atoms with van der Waals surface area (Å²) in [6.45, 7) is 4.90. The van der Waals surface area contributed by atoms with Gasteiger partial charge in [-0.3, -0.25) is 18.7 Å². The van der Waals surface area contributed by atoms with E-state index in [1.54, 1.807) is 36.2 Å². The number of fused-ring (bicyclic) bond motifs is 1. The summed E-state index contributed by atoms with van der Waals surface area (Å²) >= 11 is 7.17. The Morgan fingerprint density at radius 1 is 1.09 bits per heavy atom. The number of hydrogen-bond donors (Lipinski definition) is 0. The van der Waals surface area contributed by atoms with E-state index in [4.69, 9.17) is 16.3 Å². The first-order chi connectivity index (χ1) is 15.7. The first-order valence-electron chi connectivity index (χ1n) is 10.5. The molecule has 11 heteroatoms. The van der Waals surface area contributed by atoms with Gasteiger partial charge in [-0.25, -0.2) is 14.8 Å². The third kappa shape index (κ3) is 4.68. The van der Waals surface area contributed by atoms with Gasteiger partial charge in [-0.15, -0.1) is 0 Å². The van der Waals surface area contributed by atoms with Crippen LogP contribution in [0.3, 0.4) is 0 Å². The van der Waals surface area contributed by atoms with Crippen LogP contribution in [-0.2, 0) is 23.6 Å². The van der Waals surface area contributed by atoms with Gasteiger partial charge in [0.15, 0.2) is 11.5 Å². The molecule has 1 aliphatic rings. The monoisotopic (exact) mass is 489 g/mol. The van der Waals surface area contributed by atoms with E-state index in [0.29, 0.717) is 34.5 Å². The summed E-state index contributed by atoms with van der Waals surface area (Å²) in [5.74, 6) is 0.367. The van der Waals surface area contributed by atoms with Crippen molar-refractivity contribution in [2.75, 3.05) is 18.8 Å². The fraction of sp³-hybridized carbons (Fsp3) is 0.409. The minimum Gasteiger partial charge on any atom is -0.372 e. The first-order valence-corrected chi connectivity index (χ1v) is 11.8. The number of carbonyl (C=O) groups excluding carboxylic acids is 1. The van der Waals surface area contributed by atoms with Crippen molar-refractivity contribution in [1.29, 1.82) is 0 Å². The van der Waals surface area contributed by atoms with Crippen molar-refractivity contribution < 1.29 is 9.53 Å². The van der Waals surface area contributed by atoms with Gasteiger partial charge in [-0.2, -0.15) is 0 Å². The number of nitrogens with zero attached hydrogens (tertiary/aromatic N) is 5. The van der Waals surface area contributed by atoms with Crippen molar-refractivity contribution in [1.82, 2.24) is 24.0 Å². The van der Waals surface area contributed by atoms with E-state index in [1.807, 2.05) is 13.8 Å². The van der Waals surface area contributed by atoms with Gasteiger partial charge in [0, 0.05) is 37.8 Å². The topological polar surface area (TPSA) is 99.3 Å². The lowest BCUT2D eigenvalue weighted by Crippen LogP contribution is -2.48. The molecule has 1 aromatic carbocycles. The molecule has 1 aliphatic heterocycles. The number of halogens is 1. The number of hydrogen-bond acceptors (Lipinski definition) is 7. The number of rotatable bonds is 4. The van der Waals surface area contributed by atoms with Gasteiger partial charge in [0.25, 0.3) is 5.56 Å². The molecular formula is C22H24ClN5O4S. The zero-order valence-electron chi connectivity index (χ0n) is 18.7. The van der Waals surface area contributed by atoms with Crippen LogP contribution in [0, 0.1) is 0 Å². The van der Waals surface area contributed by atoms with Gasteiger partial charge >= 0.3 is 5.69 Å². The highest BCUT2D eigenvalue weighted by molar-refractivity contribution is 8.00. The van der Waals surface area contributed by atoms with Gasteiger partial charge in [-0.05, 0) is 38.1 Å². The average Bonchev–Trinajstić information content (AvgIpc) is 2.79. The van der Waals surface area contributed by atoms with Crippen molar-refractivity contribution in [3.63, 3.8) is 0 Å². The third-order valence-electron chi connectivity index (χ3n) is 5.47. The van der Waals surface area contributed by atoms with Crippen molar-refractivity contribution in [2.24, 2.45) is 14.1 Å². The molecule has 174 valence electrons. The maximum absolute atomic E-state index is 13.0. The third-order valence-corrected chi connectivity index (χ3v) is 6.69. The normalized spacial score (nSPS) is 18.6. The van der Waals surface area contributed by atoms with Gasteiger partial charge in [0.2, 0.25) is 5.91 Å². The van der Waals surface area contributed by atoms with E-state index in [0.717, 1.165) is 4.57 Å². The molecule has 0 radical (unpaired) electrons. The summed E-state index contributed by atoms with van der Waals surface area (Å²) in [4.78, 5) is 49.3. The second-order valence-electron chi connectivity index (χ2n) is 8.11. The molecule has 1 fully saturated rings. The maximum atomic E-state index is 13.0. The molecule has 1 saturated heterocycles. The predicted molar refractivity (Wildman–Crippen MR) is 128 cm³/mol. The SMILES string of the molecule is CC1CN(C(=O)CSc2nc(-c3ccc(Cl)cc3)nc3c2c(=O)n(C)c(=O)n3C)CC(C)O1. The molecule has 0 bridgehead atoms. The summed E-state index contributed by atoms with van der Waals surface area (Å²) in [5, 5.41) is 1.12. The minimum atomic E-state index is -0.501. The van der Waals surface area contributed by atoms with E-state index in [9.17, 15) is 14.4 Å². The van der Waals surface area contributed by atoms with Crippen molar-refractivity contribution in [2.45, 2.75) is 31.1 Å². The fourth-order valence-corrected chi connectivity index (χ4v) is 4.91. The molecule has 33 heavy (non-hydrogen) atoms. The average molecular weight is 490 g/mol. The molecule has 4 rings (SSSR count). The second kappa shape index (κ2) is 9.28. The number of amides is 1. The van der Waals surface area contributed by atoms with E-state index in [2.05, 4.69) is 9.97 Å². The molecule has 0 aliphatic carbocycles. The lowest BCUT2D eigenvalue weighted by Gasteiger charge is -2.35. The predicted octanol–water partition coefficient (Wildman–Crippen LogP) is 2.08. The largest absolute Gasteiger partial charge is 0.372 e. The first kappa shape index (κ1) is 23.5. The molecule has 2 aromatic heterocycles. The summed E-state index contributed by atoms with van der Waals surface area (Å²) in [7, 11) is 2.96. The molecule has 3 heterocycles. The molecule has 9 nitrogen and oxygen atoms in total. The highest BCUT2D eigenvalue weighted by Crippen LogP contribution is 2.27. The van der Waals surface area contributed by atoms with Crippen LogP contribution in [0.25, 0.3) is 22.4 Å². The number of thioether (sulfide) groups is 1. The summed E-state index contributed by atoms with van der Waals surface area (Å²) in [6.07, 6.45) is -0.0817. The van der Waals surface area contributed by atoms with Gasteiger partial charge < -0.3 is 9.64 Å². The van der Waals surface area contributed by atoms with Crippen LogP contribution in [0.1, 0.15) is 13.8 Å². The number of morpholine rings is 1. The van der Waals surface area contributed by atoms with E-state index >= 15 is 0 Å². The van der Waals surface area contributed by atoms with Crippen LogP contribution < -0.4 is 11.2 Å². The van der Waals surface area contributed by atoms with E-state index in [-0.39, 0.29) is 34.9 Å². The summed E-state index contributed by atoms with van der Waals surface area (Å²) in [5.41, 5.74) is -0.0963. The Kier molecular flexibility index (Phi) is 6.60. The van der Waals surface area contributed by atoms with Gasteiger partial charge in [0.1, 0.15) is 10.4 Å². The number of aromatic nitrogens is 4. The highest BCUT2D eigenvalue weighted by Gasteiger charge is 2.26.